The van der Waals surface area contributed by atoms with Crippen LogP contribution in [0.3, 0.4) is 0 Å². The summed E-state index contributed by atoms with van der Waals surface area (Å²) in [5.41, 5.74) is 0.302. The van der Waals surface area contributed by atoms with Crippen molar-refractivity contribution in [3.63, 3.8) is 0 Å². The van der Waals surface area contributed by atoms with Gasteiger partial charge in [-0.1, -0.05) is 0 Å². The van der Waals surface area contributed by atoms with Crippen molar-refractivity contribution in [3.8, 4) is 0 Å². The molecule has 1 fully saturated rings. The number of amides is 1. The summed E-state index contributed by atoms with van der Waals surface area (Å²) < 4.78 is 35.7. The average Bonchev–Trinajstić information content (AvgIpc) is 2.88. The van der Waals surface area contributed by atoms with Gasteiger partial charge in [0.25, 0.3) is 5.91 Å². The van der Waals surface area contributed by atoms with Crippen LogP contribution in [0, 0.1) is 5.82 Å². The standard InChI is InChI=1S/C15H15FN4O3S/c16-11-3-1-10(2-4-11)15(21)18-14-6-5-13(19-20-14)17-12-7-8-24(22,23)9-12/h1-6,12H,7-9H2,(H,17,19)(H,18,20,21). The Hall–Kier alpha value is -2.55. The van der Waals surface area contributed by atoms with Gasteiger partial charge in [0.15, 0.2) is 15.7 Å². The highest BCUT2D eigenvalue weighted by molar-refractivity contribution is 7.91. The van der Waals surface area contributed by atoms with Gasteiger partial charge in [-0.25, -0.2) is 12.8 Å². The Kier molecular flexibility index (Phi) is 4.43. The summed E-state index contributed by atoms with van der Waals surface area (Å²) in [4.78, 5) is 12.0. The van der Waals surface area contributed by atoms with Gasteiger partial charge in [0, 0.05) is 11.6 Å². The summed E-state index contributed by atoms with van der Waals surface area (Å²) in [5.74, 6) is 0.0927. The first-order valence-electron chi connectivity index (χ1n) is 7.29. The molecule has 9 heteroatoms. The van der Waals surface area contributed by atoms with Crippen LogP contribution in [-0.2, 0) is 9.84 Å². The molecule has 126 valence electrons. The van der Waals surface area contributed by atoms with E-state index in [1.165, 1.54) is 24.3 Å². The second-order valence-corrected chi connectivity index (χ2v) is 7.74. The number of hydrogen-bond donors (Lipinski definition) is 2. The summed E-state index contributed by atoms with van der Waals surface area (Å²) in [6.45, 7) is 0. The van der Waals surface area contributed by atoms with E-state index < -0.39 is 21.6 Å². The molecule has 24 heavy (non-hydrogen) atoms. The summed E-state index contributed by atoms with van der Waals surface area (Å²) in [7, 11) is -2.97. The third-order valence-electron chi connectivity index (χ3n) is 3.60. The van der Waals surface area contributed by atoms with E-state index in [4.69, 9.17) is 0 Å². The van der Waals surface area contributed by atoms with E-state index in [9.17, 15) is 17.6 Å². The van der Waals surface area contributed by atoms with E-state index in [2.05, 4.69) is 20.8 Å². The molecule has 1 unspecified atom stereocenters. The molecule has 1 amide bonds. The minimum atomic E-state index is -2.97. The van der Waals surface area contributed by atoms with Crippen LogP contribution in [0.25, 0.3) is 0 Å². The second-order valence-electron chi connectivity index (χ2n) is 5.51. The van der Waals surface area contributed by atoms with Crippen LogP contribution in [0.4, 0.5) is 16.0 Å². The Morgan fingerprint density at radius 3 is 2.33 bits per heavy atom. The zero-order chi connectivity index (χ0) is 17.2. The number of carbonyl (C=O) groups excluding carboxylic acids is 1. The number of carbonyl (C=O) groups is 1. The molecule has 0 spiro atoms. The maximum Gasteiger partial charge on any atom is 0.256 e. The van der Waals surface area contributed by atoms with Gasteiger partial charge < -0.3 is 10.6 Å². The van der Waals surface area contributed by atoms with Crippen molar-refractivity contribution in [1.82, 2.24) is 10.2 Å². The van der Waals surface area contributed by atoms with Crippen LogP contribution in [0.15, 0.2) is 36.4 Å². The number of aromatic nitrogens is 2. The molecular formula is C15H15FN4O3S. The van der Waals surface area contributed by atoms with E-state index >= 15 is 0 Å². The van der Waals surface area contributed by atoms with Crippen LogP contribution in [-0.4, -0.2) is 42.1 Å². The lowest BCUT2D eigenvalue weighted by Crippen LogP contribution is -2.21. The molecule has 1 aromatic carbocycles. The van der Waals surface area contributed by atoms with Crippen LogP contribution in [0.1, 0.15) is 16.8 Å². The average molecular weight is 350 g/mol. The Bertz CT molecular complexity index is 838. The molecular weight excluding hydrogens is 335 g/mol. The molecule has 0 aliphatic carbocycles. The zero-order valence-corrected chi connectivity index (χ0v) is 13.4. The molecule has 1 saturated heterocycles. The normalized spacial score (nSPS) is 19.0. The summed E-state index contributed by atoms with van der Waals surface area (Å²) in [6.07, 6.45) is 0.535. The summed E-state index contributed by atoms with van der Waals surface area (Å²) in [6, 6.07) is 8.12. The maximum absolute atomic E-state index is 12.8. The van der Waals surface area contributed by atoms with Crippen molar-refractivity contribution >= 4 is 27.4 Å². The molecule has 0 bridgehead atoms. The van der Waals surface area contributed by atoms with Crippen molar-refractivity contribution in [2.45, 2.75) is 12.5 Å². The highest BCUT2D eigenvalue weighted by atomic mass is 32.2. The summed E-state index contributed by atoms with van der Waals surface area (Å²) in [5, 5.41) is 13.4. The Labute approximate surface area is 138 Å². The number of sulfone groups is 1. The molecule has 2 N–H and O–H groups in total. The predicted octanol–water partition coefficient (Wildman–Crippen LogP) is 1.47. The highest BCUT2D eigenvalue weighted by Crippen LogP contribution is 2.16. The fourth-order valence-electron chi connectivity index (χ4n) is 2.38. The SMILES string of the molecule is O=C(Nc1ccc(NC2CCS(=O)(=O)C2)nn1)c1ccc(F)cc1. The molecule has 2 aromatic rings. The van der Waals surface area contributed by atoms with Gasteiger partial charge in [-0.05, 0) is 42.8 Å². The number of nitrogens with zero attached hydrogens (tertiary/aromatic N) is 2. The van der Waals surface area contributed by atoms with Crippen molar-refractivity contribution in [2.75, 3.05) is 22.1 Å². The van der Waals surface area contributed by atoms with Crippen LogP contribution in [0.5, 0.6) is 0 Å². The molecule has 1 atom stereocenters. The minimum Gasteiger partial charge on any atom is -0.365 e. The van der Waals surface area contributed by atoms with Crippen LogP contribution >= 0.6 is 0 Å². The van der Waals surface area contributed by atoms with Gasteiger partial charge >= 0.3 is 0 Å². The van der Waals surface area contributed by atoms with Crippen molar-refractivity contribution in [2.24, 2.45) is 0 Å². The topological polar surface area (TPSA) is 101 Å². The summed E-state index contributed by atoms with van der Waals surface area (Å²) >= 11 is 0. The fraction of sp³-hybridized carbons (Fsp3) is 0.267. The van der Waals surface area contributed by atoms with Gasteiger partial charge in [-0.2, -0.15) is 0 Å². The van der Waals surface area contributed by atoms with Crippen molar-refractivity contribution < 1.29 is 17.6 Å². The van der Waals surface area contributed by atoms with E-state index in [1.807, 2.05) is 0 Å². The smallest absolute Gasteiger partial charge is 0.256 e. The second kappa shape index (κ2) is 6.52. The van der Waals surface area contributed by atoms with Crippen LogP contribution < -0.4 is 10.6 Å². The zero-order valence-electron chi connectivity index (χ0n) is 12.6. The largest absolute Gasteiger partial charge is 0.365 e. The Morgan fingerprint density at radius 2 is 1.75 bits per heavy atom. The molecule has 0 saturated carbocycles. The molecule has 1 aromatic heterocycles. The van der Waals surface area contributed by atoms with E-state index in [0.717, 1.165) is 0 Å². The number of hydrogen-bond acceptors (Lipinski definition) is 6. The van der Waals surface area contributed by atoms with E-state index in [1.54, 1.807) is 12.1 Å². The molecule has 3 rings (SSSR count). The van der Waals surface area contributed by atoms with Gasteiger partial charge in [0.05, 0.1) is 11.5 Å². The van der Waals surface area contributed by atoms with Gasteiger partial charge in [-0.3, -0.25) is 4.79 Å². The highest BCUT2D eigenvalue weighted by Gasteiger charge is 2.27. The lowest BCUT2D eigenvalue weighted by atomic mass is 10.2. The number of nitrogens with one attached hydrogen (secondary N) is 2. The van der Waals surface area contributed by atoms with Gasteiger partial charge in [0.2, 0.25) is 0 Å². The molecule has 0 radical (unpaired) electrons. The van der Waals surface area contributed by atoms with Gasteiger partial charge in [-0.15, -0.1) is 10.2 Å². The lowest BCUT2D eigenvalue weighted by Gasteiger charge is -2.11. The fourth-order valence-corrected chi connectivity index (χ4v) is 4.06. The number of benzene rings is 1. The first-order valence-corrected chi connectivity index (χ1v) is 9.11. The Balaban J connectivity index is 1.60. The Morgan fingerprint density at radius 1 is 1.08 bits per heavy atom. The van der Waals surface area contributed by atoms with Crippen LogP contribution in [0.2, 0.25) is 0 Å². The number of anilines is 2. The molecule has 1 aliphatic rings. The molecule has 7 nitrogen and oxygen atoms in total. The number of rotatable bonds is 4. The van der Waals surface area contributed by atoms with Gasteiger partial charge in [0.1, 0.15) is 11.6 Å². The quantitative estimate of drug-likeness (QED) is 0.866. The first kappa shape index (κ1) is 16.3. The first-order chi connectivity index (χ1) is 11.4. The predicted molar refractivity (Wildman–Crippen MR) is 87.1 cm³/mol. The lowest BCUT2D eigenvalue weighted by molar-refractivity contribution is 0.102. The minimum absolute atomic E-state index is 0.0811. The van der Waals surface area contributed by atoms with E-state index in [0.29, 0.717) is 17.8 Å². The third kappa shape index (κ3) is 4.05. The third-order valence-corrected chi connectivity index (χ3v) is 5.36. The van der Waals surface area contributed by atoms with E-state index in [-0.39, 0.29) is 23.4 Å². The number of halogens is 1. The monoisotopic (exact) mass is 350 g/mol. The van der Waals surface area contributed by atoms with Crippen molar-refractivity contribution in [3.05, 3.63) is 47.8 Å². The molecule has 2 heterocycles. The maximum atomic E-state index is 12.8. The van der Waals surface area contributed by atoms with Crippen molar-refractivity contribution in [1.29, 1.82) is 0 Å². The molecule has 1 aliphatic heterocycles.